The van der Waals surface area contributed by atoms with Gasteiger partial charge < -0.3 is 10.1 Å². The Bertz CT molecular complexity index is 738. The van der Waals surface area contributed by atoms with Gasteiger partial charge in [0.1, 0.15) is 5.60 Å². The molecule has 7 heteroatoms. The largest absolute Gasteiger partial charge is 0.443 e. The molecule has 140 valence electrons. The van der Waals surface area contributed by atoms with Crippen LogP contribution in [-0.2, 0) is 21.0 Å². The minimum atomic E-state index is -3.02. The first-order valence-electron chi connectivity index (χ1n) is 8.61. The van der Waals surface area contributed by atoms with Crippen molar-refractivity contribution in [2.45, 2.75) is 52.7 Å². The summed E-state index contributed by atoms with van der Waals surface area (Å²) in [5.74, 6) is 0.249. The van der Waals surface area contributed by atoms with Crippen LogP contribution in [0.1, 0.15) is 40.2 Å². The summed E-state index contributed by atoms with van der Waals surface area (Å²) >= 11 is 0. The second-order valence-corrected chi connectivity index (χ2v) is 9.87. The third kappa shape index (κ3) is 5.36. The monoisotopic (exact) mass is 368 g/mol. The van der Waals surface area contributed by atoms with Crippen LogP contribution in [0.2, 0.25) is 0 Å². The number of carbonyl (C=O) groups is 1. The molecule has 1 amide bonds. The lowest BCUT2D eigenvalue weighted by Crippen LogP contribution is -2.35. The Morgan fingerprint density at radius 3 is 2.64 bits per heavy atom. The van der Waals surface area contributed by atoms with Gasteiger partial charge in [0.2, 0.25) is 0 Å². The number of benzene rings is 1. The number of nitrogens with one attached hydrogen (secondary N) is 1. The van der Waals surface area contributed by atoms with Crippen LogP contribution in [0.5, 0.6) is 0 Å². The van der Waals surface area contributed by atoms with E-state index in [2.05, 4.69) is 5.32 Å². The summed E-state index contributed by atoms with van der Waals surface area (Å²) in [5, 5.41) is 3.23. The van der Waals surface area contributed by atoms with Gasteiger partial charge in [-0.2, -0.15) is 0 Å². The number of rotatable bonds is 5. The van der Waals surface area contributed by atoms with E-state index >= 15 is 0 Å². The third-order valence-electron chi connectivity index (χ3n) is 3.95. The predicted octanol–water partition coefficient (Wildman–Crippen LogP) is 3.22. The van der Waals surface area contributed by atoms with Crippen molar-refractivity contribution in [3.05, 3.63) is 23.8 Å². The molecule has 25 heavy (non-hydrogen) atoms. The Hall–Kier alpha value is -1.76. The molecule has 1 aliphatic heterocycles. The van der Waals surface area contributed by atoms with Crippen molar-refractivity contribution < 1.29 is 17.9 Å². The Balaban J connectivity index is 2.07. The molecule has 0 aromatic heterocycles. The first-order chi connectivity index (χ1) is 11.5. The number of hydrogen-bond donors (Lipinski definition) is 1. The average molecular weight is 368 g/mol. The molecule has 1 N–H and O–H groups in total. The molecule has 0 bridgehead atoms. The number of ether oxygens (including phenoxy) is 1. The topological polar surface area (TPSA) is 75.7 Å². The molecule has 1 unspecified atom stereocenters. The average Bonchev–Trinajstić information content (AvgIpc) is 2.88. The maximum absolute atomic E-state index is 12.3. The van der Waals surface area contributed by atoms with E-state index in [1.165, 1.54) is 0 Å². The zero-order valence-corrected chi connectivity index (χ0v) is 16.4. The van der Waals surface area contributed by atoms with E-state index in [0.29, 0.717) is 6.54 Å². The Morgan fingerprint density at radius 2 is 2.04 bits per heavy atom. The van der Waals surface area contributed by atoms with Crippen LogP contribution in [0.4, 0.5) is 16.2 Å². The zero-order chi connectivity index (χ0) is 18.8. The predicted molar refractivity (Wildman–Crippen MR) is 101 cm³/mol. The summed E-state index contributed by atoms with van der Waals surface area (Å²) in [7, 11) is -3.02. The van der Waals surface area contributed by atoms with Gasteiger partial charge in [-0.05, 0) is 57.9 Å². The minimum Gasteiger partial charge on any atom is -0.443 e. The highest BCUT2D eigenvalue weighted by Gasteiger charge is 2.29. The van der Waals surface area contributed by atoms with Crippen molar-refractivity contribution >= 4 is 27.3 Å². The van der Waals surface area contributed by atoms with Crippen LogP contribution in [-0.4, -0.2) is 44.2 Å². The van der Waals surface area contributed by atoms with Crippen molar-refractivity contribution in [2.24, 2.45) is 0 Å². The van der Waals surface area contributed by atoms with Crippen molar-refractivity contribution in [3.63, 3.8) is 0 Å². The number of anilines is 2. The molecule has 0 radical (unpaired) electrons. The van der Waals surface area contributed by atoms with Gasteiger partial charge in [0.15, 0.2) is 9.84 Å². The second kappa shape index (κ2) is 7.23. The Kier molecular flexibility index (Phi) is 5.66. The van der Waals surface area contributed by atoms with Gasteiger partial charge in [-0.15, -0.1) is 0 Å². The Labute approximate surface area is 150 Å². The lowest BCUT2D eigenvalue weighted by Gasteiger charge is -2.25. The molecule has 0 fully saturated rings. The SMILES string of the molecule is CCS(=O)(=O)CC(C)Nc1ccc2c(c1)CCN2C(=O)OC(C)(C)C. The molecule has 1 aromatic carbocycles. The summed E-state index contributed by atoms with van der Waals surface area (Å²) in [6.07, 6.45) is 0.417. The first-order valence-corrected chi connectivity index (χ1v) is 10.4. The molecular formula is C18H28N2O4S. The van der Waals surface area contributed by atoms with Gasteiger partial charge in [0.25, 0.3) is 0 Å². The van der Waals surface area contributed by atoms with Crippen LogP contribution in [0, 0.1) is 0 Å². The quantitative estimate of drug-likeness (QED) is 0.864. The molecule has 1 aromatic rings. The normalized spacial score (nSPS) is 15.6. The number of sulfone groups is 1. The molecule has 0 saturated carbocycles. The second-order valence-electron chi connectivity index (χ2n) is 7.47. The van der Waals surface area contributed by atoms with Crippen LogP contribution >= 0.6 is 0 Å². The fourth-order valence-corrected chi connectivity index (χ4v) is 3.90. The molecule has 6 nitrogen and oxygen atoms in total. The van der Waals surface area contributed by atoms with Gasteiger partial charge in [-0.25, -0.2) is 13.2 Å². The van der Waals surface area contributed by atoms with Gasteiger partial charge in [-0.3, -0.25) is 4.90 Å². The van der Waals surface area contributed by atoms with Crippen molar-refractivity contribution in [3.8, 4) is 0 Å². The highest BCUT2D eigenvalue weighted by Crippen LogP contribution is 2.31. The van der Waals surface area contributed by atoms with E-state index in [4.69, 9.17) is 4.74 Å². The van der Waals surface area contributed by atoms with Gasteiger partial charge in [0.05, 0.1) is 11.4 Å². The van der Waals surface area contributed by atoms with E-state index in [1.807, 2.05) is 45.9 Å². The van der Waals surface area contributed by atoms with Crippen LogP contribution in [0.15, 0.2) is 18.2 Å². The van der Waals surface area contributed by atoms with Gasteiger partial charge in [-0.1, -0.05) is 6.92 Å². The van der Waals surface area contributed by atoms with Crippen molar-refractivity contribution in [2.75, 3.05) is 28.3 Å². The van der Waals surface area contributed by atoms with Crippen LogP contribution in [0.25, 0.3) is 0 Å². The summed E-state index contributed by atoms with van der Waals surface area (Å²) in [4.78, 5) is 13.9. The summed E-state index contributed by atoms with van der Waals surface area (Å²) in [6, 6.07) is 5.56. The zero-order valence-electron chi connectivity index (χ0n) is 15.6. The molecule has 0 saturated heterocycles. The molecule has 2 rings (SSSR count). The highest BCUT2D eigenvalue weighted by molar-refractivity contribution is 7.91. The molecule has 0 aliphatic carbocycles. The fourth-order valence-electron chi connectivity index (χ4n) is 2.82. The number of carbonyl (C=O) groups excluding carboxylic acids is 1. The standard InChI is InChI=1S/C18H28N2O4S/c1-6-25(22,23)12-13(2)19-15-7-8-16-14(11-15)9-10-20(16)17(21)24-18(3,4)5/h7-8,11,13,19H,6,9-10,12H2,1-5H3. The summed E-state index contributed by atoms with van der Waals surface area (Å²) in [6.45, 7) is 9.64. The van der Waals surface area contributed by atoms with Crippen molar-refractivity contribution in [1.82, 2.24) is 0 Å². The third-order valence-corrected chi connectivity index (χ3v) is 5.83. The maximum Gasteiger partial charge on any atom is 0.414 e. The first kappa shape index (κ1) is 19.6. The van der Waals surface area contributed by atoms with E-state index in [0.717, 1.165) is 23.4 Å². The van der Waals surface area contributed by atoms with E-state index < -0.39 is 15.4 Å². The molecule has 1 aliphatic rings. The van der Waals surface area contributed by atoms with Crippen LogP contribution in [0.3, 0.4) is 0 Å². The van der Waals surface area contributed by atoms with Crippen molar-refractivity contribution in [1.29, 1.82) is 0 Å². The van der Waals surface area contributed by atoms with Crippen LogP contribution < -0.4 is 10.2 Å². The van der Waals surface area contributed by atoms with E-state index in [9.17, 15) is 13.2 Å². The smallest absolute Gasteiger partial charge is 0.414 e. The maximum atomic E-state index is 12.3. The number of nitrogens with zero attached hydrogens (tertiary/aromatic N) is 1. The molecule has 0 spiro atoms. The molecular weight excluding hydrogens is 340 g/mol. The van der Waals surface area contributed by atoms with E-state index in [1.54, 1.807) is 11.8 Å². The summed E-state index contributed by atoms with van der Waals surface area (Å²) < 4.78 is 28.9. The highest BCUT2D eigenvalue weighted by atomic mass is 32.2. The lowest BCUT2D eigenvalue weighted by molar-refractivity contribution is 0.0584. The van der Waals surface area contributed by atoms with Gasteiger partial charge >= 0.3 is 6.09 Å². The Morgan fingerprint density at radius 1 is 1.36 bits per heavy atom. The minimum absolute atomic E-state index is 0.102. The molecule has 1 heterocycles. The molecule has 1 atom stereocenters. The number of hydrogen-bond acceptors (Lipinski definition) is 5. The number of fused-ring (bicyclic) bond motifs is 1. The fraction of sp³-hybridized carbons (Fsp3) is 0.611. The lowest BCUT2D eigenvalue weighted by atomic mass is 10.1. The number of amides is 1. The van der Waals surface area contributed by atoms with E-state index in [-0.39, 0.29) is 23.6 Å². The summed E-state index contributed by atoms with van der Waals surface area (Å²) in [5.41, 5.74) is 2.25. The van der Waals surface area contributed by atoms with Gasteiger partial charge in [0, 0.05) is 24.0 Å².